The molecule has 8 nitrogen and oxygen atoms in total. The number of carbonyl (C=O) groups excluding carboxylic acids is 2. The van der Waals surface area contributed by atoms with Crippen molar-refractivity contribution in [2.75, 3.05) is 16.4 Å². The molecule has 0 bridgehead atoms. The number of carbonyl (C=O) groups is 2. The number of hydrogen-bond acceptors (Lipinski definition) is 6. The lowest BCUT2D eigenvalue weighted by Gasteiger charge is -2.26. The predicted octanol–water partition coefficient (Wildman–Crippen LogP) is 4.33. The molecule has 1 N–H and O–H groups in total. The lowest BCUT2D eigenvalue weighted by Crippen LogP contribution is -2.45. The molecule has 2 amide bonds. The van der Waals surface area contributed by atoms with Gasteiger partial charge in [0, 0.05) is 16.1 Å². The molecule has 4 rings (SSSR count). The van der Waals surface area contributed by atoms with E-state index in [0.29, 0.717) is 4.47 Å². The zero-order chi connectivity index (χ0) is 27.0. The van der Waals surface area contributed by atoms with Crippen LogP contribution in [0.25, 0.3) is 0 Å². The van der Waals surface area contributed by atoms with Gasteiger partial charge >= 0.3 is 6.09 Å². The van der Waals surface area contributed by atoms with Crippen molar-refractivity contribution in [3.05, 3.63) is 64.4 Å². The highest BCUT2D eigenvalue weighted by atomic mass is 79.9. The third kappa shape index (κ3) is 6.91. The van der Waals surface area contributed by atoms with Gasteiger partial charge in [0.1, 0.15) is 17.5 Å². The molecule has 3 atom stereocenters. The Balaban J connectivity index is 1.67. The number of fused-ring (bicyclic) bond motifs is 1. The number of alkyl carbamates (subject to hydrolysis) is 1. The molecule has 0 unspecified atom stereocenters. The van der Waals surface area contributed by atoms with Crippen molar-refractivity contribution in [1.82, 2.24) is 5.32 Å². The van der Waals surface area contributed by atoms with Crippen molar-refractivity contribution in [1.29, 1.82) is 0 Å². The predicted molar refractivity (Wildman–Crippen MR) is 146 cm³/mol. The number of benzene rings is 2. The first-order valence-corrected chi connectivity index (χ1v) is 15.1. The highest BCUT2D eigenvalue weighted by Gasteiger charge is 2.50. The molecule has 12 heteroatoms. The van der Waals surface area contributed by atoms with Crippen LogP contribution in [-0.2, 0) is 25.8 Å². The lowest BCUT2D eigenvalue weighted by atomic mass is 10.1. The van der Waals surface area contributed by atoms with Gasteiger partial charge in [0.05, 0.1) is 23.2 Å². The van der Waals surface area contributed by atoms with E-state index in [2.05, 4.69) is 26.2 Å². The molecule has 0 radical (unpaired) electrons. The maximum absolute atomic E-state index is 15.0. The van der Waals surface area contributed by atoms with Gasteiger partial charge in [-0.1, -0.05) is 58.0 Å². The standard InChI is InChI=1S/C25H27BrFN3O5S2/c1-25(2,3)35-24(32)28-18(11-15-7-5-4-6-8-15)22(31)29-23-30(19-10-9-16(26)12-17(19)27)20-13-37(33,34)14-21(20)36-23/h4-10,12,18,20-21H,11,13-14H2,1-3H3,(H,28,32)/t18-,20-,21-/m1/s1. The van der Waals surface area contributed by atoms with E-state index in [4.69, 9.17) is 4.74 Å². The Hall–Kier alpha value is -2.44. The van der Waals surface area contributed by atoms with Crippen LogP contribution < -0.4 is 10.2 Å². The second-order valence-electron chi connectivity index (χ2n) is 9.89. The van der Waals surface area contributed by atoms with E-state index in [1.807, 2.05) is 30.3 Å². The number of anilines is 1. The summed E-state index contributed by atoms with van der Waals surface area (Å²) < 4.78 is 45.5. The molecule has 37 heavy (non-hydrogen) atoms. The number of rotatable bonds is 5. The Kier molecular flexibility index (Phi) is 8.01. The monoisotopic (exact) mass is 611 g/mol. The van der Waals surface area contributed by atoms with Crippen LogP contribution in [0.5, 0.6) is 0 Å². The van der Waals surface area contributed by atoms with Crippen molar-refractivity contribution >= 4 is 60.4 Å². The number of sulfone groups is 1. The average molecular weight is 613 g/mol. The molecule has 2 saturated heterocycles. The Morgan fingerprint density at radius 3 is 2.57 bits per heavy atom. The van der Waals surface area contributed by atoms with Crippen LogP contribution in [0.4, 0.5) is 14.9 Å². The molecular formula is C25H27BrFN3O5S2. The molecule has 2 fully saturated rings. The van der Waals surface area contributed by atoms with E-state index in [1.54, 1.807) is 26.8 Å². The van der Waals surface area contributed by atoms with Gasteiger partial charge in [-0.3, -0.25) is 4.79 Å². The highest BCUT2D eigenvalue weighted by molar-refractivity contribution is 9.10. The number of aliphatic imine (C=N–C) groups is 1. The van der Waals surface area contributed by atoms with Gasteiger partial charge in [-0.2, -0.15) is 4.99 Å². The number of amides is 2. The molecule has 0 saturated carbocycles. The van der Waals surface area contributed by atoms with Crippen LogP contribution in [-0.4, -0.2) is 60.0 Å². The molecule has 2 aliphatic rings. The summed E-state index contributed by atoms with van der Waals surface area (Å²) in [4.78, 5) is 31.8. The summed E-state index contributed by atoms with van der Waals surface area (Å²) >= 11 is 4.37. The molecule has 198 valence electrons. The fraction of sp³-hybridized carbons (Fsp3) is 0.400. The first-order chi connectivity index (χ1) is 17.3. The van der Waals surface area contributed by atoms with E-state index >= 15 is 0 Å². The number of nitrogens with one attached hydrogen (secondary N) is 1. The largest absolute Gasteiger partial charge is 0.444 e. The fourth-order valence-corrected chi connectivity index (χ4v) is 8.44. The van der Waals surface area contributed by atoms with E-state index in [9.17, 15) is 22.4 Å². The first kappa shape index (κ1) is 27.6. The Labute approximate surface area is 228 Å². The summed E-state index contributed by atoms with van der Waals surface area (Å²) in [5.74, 6) is -1.49. The van der Waals surface area contributed by atoms with E-state index in [-0.39, 0.29) is 28.8 Å². The van der Waals surface area contributed by atoms with E-state index in [0.717, 1.165) is 17.3 Å². The number of halogens is 2. The van der Waals surface area contributed by atoms with Gasteiger partial charge in [0.25, 0.3) is 5.91 Å². The van der Waals surface area contributed by atoms with Crippen molar-refractivity contribution in [2.45, 2.75) is 50.1 Å². The number of thioether (sulfide) groups is 1. The second-order valence-corrected chi connectivity index (χ2v) is 14.2. The van der Waals surface area contributed by atoms with Crippen LogP contribution in [0.15, 0.2) is 58.0 Å². The maximum atomic E-state index is 15.0. The zero-order valence-electron chi connectivity index (χ0n) is 20.5. The molecule has 2 aromatic rings. The minimum Gasteiger partial charge on any atom is -0.444 e. The summed E-state index contributed by atoms with van der Waals surface area (Å²) in [5, 5.41) is 2.41. The number of ether oxygens (including phenoxy) is 1. The topological polar surface area (TPSA) is 105 Å². The van der Waals surface area contributed by atoms with E-state index in [1.165, 1.54) is 17.0 Å². The average Bonchev–Trinajstić information content (AvgIpc) is 3.24. The normalized spacial score (nSPS) is 22.5. The minimum atomic E-state index is -3.32. The number of amidine groups is 1. The van der Waals surface area contributed by atoms with Crippen molar-refractivity contribution in [2.24, 2.45) is 4.99 Å². The van der Waals surface area contributed by atoms with Crippen LogP contribution >= 0.6 is 27.7 Å². The molecule has 2 heterocycles. The Morgan fingerprint density at radius 1 is 1.22 bits per heavy atom. The van der Waals surface area contributed by atoms with Gasteiger partial charge in [-0.15, -0.1) is 0 Å². The summed E-state index contributed by atoms with van der Waals surface area (Å²) in [6, 6.07) is 12.0. The van der Waals surface area contributed by atoms with Gasteiger partial charge in [0.15, 0.2) is 15.0 Å². The third-order valence-corrected chi connectivity index (χ3v) is 9.42. The van der Waals surface area contributed by atoms with Gasteiger partial charge < -0.3 is 15.0 Å². The van der Waals surface area contributed by atoms with Crippen LogP contribution in [0, 0.1) is 5.82 Å². The van der Waals surface area contributed by atoms with Crippen LogP contribution in [0.1, 0.15) is 26.3 Å². The molecule has 0 spiro atoms. The summed E-state index contributed by atoms with van der Waals surface area (Å²) in [6.45, 7) is 5.15. The maximum Gasteiger partial charge on any atom is 0.408 e. The quantitative estimate of drug-likeness (QED) is 0.536. The summed E-state index contributed by atoms with van der Waals surface area (Å²) in [6.07, 6.45) is -0.603. The number of nitrogens with zero attached hydrogens (tertiary/aromatic N) is 2. The van der Waals surface area contributed by atoms with Crippen molar-refractivity contribution < 1.29 is 27.1 Å². The minimum absolute atomic E-state index is 0.0895. The number of hydrogen-bond donors (Lipinski definition) is 1. The zero-order valence-corrected chi connectivity index (χ0v) is 23.7. The van der Waals surface area contributed by atoms with Gasteiger partial charge in [-0.25, -0.2) is 17.6 Å². The van der Waals surface area contributed by atoms with Crippen molar-refractivity contribution in [3.8, 4) is 0 Å². The second kappa shape index (κ2) is 10.7. The van der Waals surface area contributed by atoms with Gasteiger partial charge in [-0.05, 0) is 44.5 Å². The van der Waals surface area contributed by atoms with Crippen molar-refractivity contribution in [3.63, 3.8) is 0 Å². The Bertz CT molecular complexity index is 1330. The molecule has 2 aromatic carbocycles. The van der Waals surface area contributed by atoms with Gasteiger partial charge in [0.2, 0.25) is 0 Å². The van der Waals surface area contributed by atoms with E-state index < -0.39 is 50.6 Å². The molecule has 2 aliphatic heterocycles. The fourth-order valence-electron chi connectivity index (χ4n) is 4.19. The SMILES string of the molecule is CC(C)(C)OC(=O)N[C@H](Cc1ccccc1)C(=O)N=C1S[C@@H]2CS(=O)(=O)C[C@H]2N1c1ccc(Br)cc1F. The summed E-state index contributed by atoms with van der Waals surface area (Å²) in [7, 11) is -3.32. The Morgan fingerprint density at radius 2 is 1.92 bits per heavy atom. The smallest absolute Gasteiger partial charge is 0.408 e. The highest BCUT2D eigenvalue weighted by Crippen LogP contribution is 2.42. The van der Waals surface area contributed by atoms with Crippen LogP contribution in [0.2, 0.25) is 0 Å². The lowest BCUT2D eigenvalue weighted by molar-refractivity contribution is -0.119. The van der Waals surface area contributed by atoms with Crippen LogP contribution in [0.3, 0.4) is 0 Å². The molecular weight excluding hydrogens is 585 g/mol. The molecule has 0 aromatic heterocycles. The third-order valence-electron chi connectivity index (χ3n) is 5.71. The summed E-state index contributed by atoms with van der Waals surface area (Å²) in [5.41, 5.74) is 0.165. The first-order valence-electron chi connectivity index (χ1n) is 11.6. The molecule has 0 aliphatic carbocycles.